The molecule has 0 saturated carbocycles. The number of esters is 1. The molecular formula is C25H22N4O3S. The summed E-state index contributed by atoms with van der Waals surface area (Å²) in [7, 11) is 1.33. The van der Waals surface area contributed by atoms with Gasteiger partial charge in [-0.3, -0.25) is 9.36 Å². The van der Waals surface area contributed by atoms with E-state index in [1.807, 2.05) is 66.1 Å². The van der Waals surface area contributed by atoms with Gasteiger partial charge in [0.05, 0.1) is 18.4 Å². The number of nitrogens with zero attached hydrogens (tertiary/aromatic N) is 3. The Morgan fingerprint density at radius 1 is 0.939 bits per heavy atom. The zero-order valence-corrected chi connectivity index (χ0v) is 19.0. The molecule has 1 heterocycles. The summed E-state index contributed by atoms with van der Waals surface area (Å²) in [5.74, 6) is 0.248. The highest BCUT2D eigenvalue weighted by Gasteiger charge is 2.17. The first-order valence-electron chi connectivity index (χ1n) is 10.2. The minimum Gasteiger partial charge on any atom is -0.465 e. The average Bonchev–Trinajstić information content (AvgIpc) is 3.27. The van der Waals surface area contributed by atoms with Gasteiger partial charge in [-0.05, 0) is 43.3 Å². The zero-order valence-electron chi connectivity index (χ0n) is 18.2. The lowest BCUT2D eigenvalue weighted by Crippen LogP contribution is -2.14. The van der Waals surface area contributed by atoms with Crippen LogP contribution in [0.1, 0.15) is 15.9 Å². The summed E-state index contributed by atoms with van der Waals surface area (Å²) in [6.45, 7) is 2.04. The van der Waals surface area contributed by atoms with Gasteiger partial charge in [-0.15, -0.1) is 10.2 Å². The van der Waals surface area contributed by atoms with E-state index >= 15 is 0 Å². The maximum atomic E-state index is 12.5. The van der Waals surface area contributed by atoms with Gasteiger partial charge in [0.2, 0.25) is 5.91 Å². The standard InChI is InChI=1S/C25H22N4O3S/c1-17-8-10-18(11-9-17)23-27-28-25(29(23)21-6-4-3-5-7-21)33-16-22(30)26-20-14-12-19(13-15-20)24(31)32-2/h3-15H,16H2,1-2H3,(H,26,30). The first kappa shape index (κ1) is 22.3. The molecule has 0 fully saturated rings. The Morgan fingerprint density at radius 2 is 1.64 bits per heavy atom. The van der Waals surface area contributed by atoms with E-state index in [-0.39, 0.29) is 11.7 Å². The van der Waals surface area contributed by atoms with E-state index in [9.17, 15) is 9.59 Å². The van der Waals surface area contributed by atoms with Crippen LogP contribution in [0, 0.1) is 6.92 Å². The summed E-state index contributed by atoms with van der Waals surface area (Å²) < 4.78 is 6.64. The maximum absolute atomic E-state index is 12.5. The van der Waals surface area contributed by atoms with Crippen LogP contribution < -0.4 is 5.32 Å². The summed E-state index contributed by atoms with van der Waals surface area (Å²) in [6.07, 6.45) is 0. The fraction of sp³-hybridized carbons (Fsp3) is 0.120. The molecule has 0 radical (unpaired) electrons. The van der Waals surface area contributed by atoms with E-state index < -0.39 is 5.97 Å². The first-order chi connectivity index (χ1) is 16.0. The monoisotopic (exact) mass is 458 g/mol. The molecule has 7 nitrogen and oxygen atoms in total. The van der Waals surface area contributed by atoms with Crippen LogP contribution in [-0.4, -0.2) is 39.5 Å². The van der Waals surface area contributed by atoms with Crippen molar-refractivity contribution in [2.75, 3.05) is 18.2 Å². The van der Waals surface area contributed by atoms with Gasteiger partial charge in [0, 0.05) is 16.9 Å². The summed E-state index contributed by atoms with van der Waals surface area (Å²) in [5, 5.41) is 12.2. The molecule has 0 unspecified atom stereocenters. The minimum absolute atomic E-state index is 0.150. The van der Waals surface area contributed by atoms with Gasteiger partial charge in [-0.1, -0.05) is 59.8 Å². The third-order valence-electron chi connectivity index (χ3n) is 4.88. The van der Waals surface area contributed by atoms with E-state index in [1.165, 1.54) is 18.9 Å². The van der Waals surface area contributed by atoms with Gasteiger partial charge in [-0.2, -0.15) is 0 Å². The molecule has 3 aromatic carbocycles. The molecule has 4 rings (SSSR count). The Hall–Kier alpha value is -3.91. The summed E-state index contributed by atoms with van der Waals surface area (Å²) in [6, 6.07) is 24.4. The molecular weight excluding hydrogens is 436 g/mol. The lowest BCUT2D eigenvalue weighted by atomic mass is 10.1. The Balaban J connectivity index is 1.51. The molecule has 0 aliphatic heterocycles. The molecule has 0 aliphatic carbocycles. The number of methoxy groups -OCH3 is 1. The first-order valence-corrected chi connectivity index (χ1v) is 11.2. The van der Waals surface area contributed by atoms with Crippen LogP contribution in [0.4, 0.5) is 5.69 Å². The van der Waals surface area contributed by atoms with Crippen molar-refractivity contribution >= 4 is 29.3 Å². The molecule has 0 atom stereocenters. The molecule has 33 heavy (non-hydrogen) atoms. The van der Waals surface area contributed by atoms with Gasteiger partial charge in [-0.25, -0.2) is 4.79 Å². The van der Waals surface area contributed by atoms with Crippen molar-refractivity contribution in [2.24, 2.45) is 0 Å². The summed E-state index contributed by atoms with van der Waals surface area (Å²) in [5.41, 5.74) is 4.04. The highest BCUT2D eigenvalue weighted by atomic mass is 32.2. The van der Waals surface area contributed by atoms with Gasteiger partial charge in [0.1, 0.15) is 0 Å². The topological polar surface area (TPSA) is 86.1 Å². The van der Waals surface area contributed by atoms with Gasteiger partial charge in [0.15, 0.2) is 11.0 Å². The second kappa shape index (κ2) is 10.1. The van der Waals surface area contributed by atoms with Crippen LogP contribution in [0.2, 0.25) is 0 Å². The van der Waals surface area contributed by atoms with Crippen molar-refractivity contribution < 1.29 is 14.3 Å². The Kier molecular flexibility index (Phi) is 6.85. The Labute approximate surface area is 195 Å². The number of amides is 1. The molecule has 166 valence electrons. The number of benzene rings is 3. The largest absolute Gasteiger partial charge is 0.465 e. The van der Waals surface area contributed by atoms with Crippen LogP contribution >= 0.6 is 11.8 Å². The van der Waals surface area contributed by atoms with Crippen molar-refractivity contribution in [2.45, 2.75) is 12.1 Å². The number of anilines is 1. The molecule has 1 amide bonds. The molecule has 1 N–H and O–H groups in total. The fourth-order valence-electron chi connectivity index (χ4n) is 3.20. The number of thioether (sulfide) groups is 1. The smallest absolute Gasteiger partial charge is 0.337 e. The SMILES string of the molecule is COC(=O)c1ccc(NC(=O)CSc2nnc(-c3ccc(C)cc3)n2-c2ccccc2)cc1. The average molecular weight is 459 g/mol. The predicted octanol–water partition coefficient (Wildman–Crippen LogP) is 4.76. The number of hydrogen-bond donors (Lipinski definition) is 1. The molecule has 0 spiro atoms. The van der Waals surface area contributed by atoms with Crippen LogP contribution in [0.25, 0.3) is 17.1 Å². The predicted molar refractivity (Wildman–Crippen MR) is 129 cm³/mol. The van der Waals surface area contributed by atoms with E-state index in [0.717, 1.165) is 16.8 Å². The van der Waals surface area contributed by atoms with E-state index in [1.54, 1.807) is 24.3 Å². The van der Waals surface area contributed by atoms with E-state index in [2.05, 4.69) is 20.3 Å². The number of hydrogen-bond acceptors (Lipinski definition) is 6. The van der Waals surface area contributed by atoms with Gasteiger partial charge < -0.3 is 10.1 Å². The second-order valence-electron chi connectivity index (χ2n) is 7.25. The number of aromatic nitrogens is 3. The molecule has 1 aromatic heterocycles. The van der Waals surface area contributed by atoms with Crippen molar-refractivity contribution in [3.05, 3.63) is 90.0 Å². The van der Waals surface area contributed by atoms with Gasteiger partial charge in [0.25, 0.3) is 0 Å². The maximum Gasteiger partial charge on any atom is 0.337 e. The summed E-state index contributed by atoms with van der Waals surface area (Å²) in [4.78, 5) is 24.1. The highest BCUT2D eigenvalue weighted by molar-refractivity contribution is 7.99. The summed E-state index contributed by atoms with van der Waals surface area (Å²) >= 11 is 1.30. The number of rotatable bonds is 7. The van der Waals surface area contributed by atoms with Gasteiger partial charge >= 0.3 is 5.97 Å². The molecule has 8 heteroatoms. The number of para-hydroxylation sites is 1. The lowest BCUT2D eigenvalue weighted by molar-refractivity contribution is -0.113. The quantitative estimate of drug-likeness (QED) is 0.317. The lowest BCUT2D eigenvalue weighted by Gasteiger charge is -2.11. The fourth-order valence-corrected chi connectivity index (χ4v) is 3.95. The number of aryl methyl sites for hydroxylation is 1. The van der Waals surface area contributed by atoms with Crippen molar-refractivity contribution in [1.82, 2.24) is 14.8 Å². The Morgan fingerprint density at radius 3 is 2.30 bits per heavy atom. The number of ether oxygens (including phenoxy) is 1. The second-order valence-corrected chi connectivity index (χ2v) is 8.19. The zero-order chi connectivity index (χ0) is 23.2. The van der Waals surface area contributed by atoms with E-state index in [4.69, 9.17) is 0 Å². The molecule has 0 bridgehead atoms. The molecule has 0 saturated heterocycles. The Bertz CT molecular complexity index is 1250. The van der Waals surface area contributed by atoms with Crippen molar-refractivity contribution in [1.29, 1.82) is 0 Å². The van der Waals surface area contributed by atoms with Crippen molar-refractivity contribution in [3.8, 4) is 17.1 Å². The number of carbonyl (C=O) groups is 2. The van der Waals surface area contributed by atoms with Crippen LogP contribution in [-0.2, 0) is 9.53 Å². The minimum atomic E-state index is -0.423. The third kappa shape index (κ3) is 5.30. The molecule has 4 aromatic rings. The van der Waals surface area contributed by atoms with Crippen LogP contribution in [0.3, 0.4) is 0 Å². The third-order valence-corrected chi connectivity index (χ3v) is 5.81. The highest BCUT2D eigenvalue weighted by Crippen LogP contribution is 2.28. The van der Waals surface area contributed by atoms with Crippen LogP contribution in [0.15, 0.2) is 84.0 Å². The molecule has 0 aliphatic rings. The number of nitrogens with one attached hydrogen (secondary N) is 1. The number of carbonyl (C=O) groups excluding carboxylic acids is 2. The van der Waals surface area contributed by atoms with Crippen molar-refractivity contribution in [3.63, 3.8) is 0 Å². The van der Waals surface area contributed by atoms with E-state index in [0.29, 0.717) is 22.2 Å². The van der Waals surface area contributed by atoms with Crippen LogP contribution in [0.5, 0.6) is 0 Å². The normalized spacial score (nSPS) is 10.6.